The largest absolute Gasteiger partial charge is 0.496 e. The number of para-hydroxylation sites is 2. The van der Waals surface area contributed by atoms with Gasteiger partial charge in [0.15, 0.2) is 5.75 Å². The average molecular weight is 666 g/mol. The number of carboxylic acids is 1. The highest BCUT2D eigenvalue weighted by molar-refractivity contribution is 6.32. The summed E-state index contributed by atoms with van der Waals surface area (Å²) in [5.41, 5.74) is 0.964. The maximum Gasteiger partial charge on any atom is 0.345 e. The van der Waals surface area contributed by atoms with Crippen molar-refractivity contribution >= 4 is 58.3 Å². The molecule has 238 valence electrons. The highest BCUT2D eigenvalue weighted by Crippen LogP contribution is 2.35. The van der Waals surface area contributed by atoms with Gasteiger partial charge in [-0.1, -0.05) is 59.6 Å². The lowest BCUT2D eigenvalue weighted by Crippen LogP contribution is -2.20. The number of hydrogen-bond donors (Lipinski definition) is 3. The number of esters is 1. The minimum Gasteiger partial charge on any atom is -0.496 e. The summed E-state index contributed by atoms with van der Waals surface area (Å²) in [6.45, 7) is 0. The van der Waals surface area contributed by atoms with Crippen LogP contribution >= 0.6 is 23.2 Å². The quantitative estimate of drug-likeness (QED) is 0.102. The van der Waals surface area contributed by atoms with E-state index in [0.29, 0.717) is 24.3 Å². The van der Waals surface area contributed by atoms with Gasteiger partial charge in [0.1, 0.15) is 11.5 Å². The van der Waals surface area contributed by atoms with Crippen LogP contribution in [0.15, 0.2) is 78.9 Å². The Labute approximate surface area is 275 Å². The zero-order valence-electron chi connectivity index (χ0n) is 24.9. The first-order valence-corrected chi connectivity index (χ1v) is 14.8. The molecule has 0 saturated heterocycles. The van der Waals surface area contributed by atoms with Crippen LogP contribution in [-0.2, 0) is 22.4 Å². The molecule has 0 aliphatic heterocycles. The number of rotatable bonds is 13. The van der Waals surface area contributed by atoms with Crippen molar-refractivity contribution in [2.24, 2.45) is 0 Å². The van der Waals surface area contributed by atoms with E-state index in [2.05, 4.69) is 10.6 Å². The maximum absolute atomic E-state index is 13.5. The van der Waals surface area contributed by atoms with Crippen LogP contribution in [0, 0.1) is 0 Å². The van der Waals surface area contributed by atoms with E-state index in [1.807, 2.05) is 30.3 Å². The number of methoxy groups -OCH3 is 2. The molecule has 0 bridgehead atoms. The summed E-state index contributed by atoms with van der Waals surface area (Å²) in [5.74, 6) is -2.38. The molecule has 0 aliphatic rings. The number of halogens is 2. The number of aryl methyl sites for hydroxylation is 2. The molecule has 0 heterocycles. The second-order valence-corrected chi connectivity index (χ2v) is 10.8. The highest BCUT2D eigenvalue weighted by Gasteiger charge is 2.24. The van der Waals surface area contributed by atoms with E-state index in [4.69, 9.17) is 37.4 Å². The summed E-state index contributed by atoms with van der Waals surface area (Å²) >= 11 is 12.3. The summed E-state index contributed by atoms with van der Waals surface area (Å²) in [4.78, 5) is 51.4. The van der Waals surface area contributed by atoms with E-state index in [1.165, 1.54) is 31.4 Å². The lowest BCUT2D eigenvalue weighted by Gasteiger charge is -2.16. The molecule has 3 N–H and O–H groups in total. The fourth-order valence-electron chi connectivity index (χ4n) is 4.64. The number of carbonyl (C=O) groups excluding carboxylic acids is 3. The van der Waals surface area contributed by atoms with Gasteiger partial charge >= 0.3 is 11.9 Å². The number of amides is 2. The summed E-state index contributed by atoms with van der Waals surface area (Å²) in [7, 11) is 3.06. The van der Waals surface area contributed by atoms with E-state index in [1.54, 1.807) is 25.3 Å². The van der Waals surface area contributed by atoms with Crippen molar-refractivity contribution in [1.82, 2.24) is 0 Å². The van der Waals surface area contributed by atoms with Gasteiger partial charge in [0, 0.05) is 29.0 Å². The van der Waals surface area contributed by atoms with Gasteiger partial charge in [0.05, 0.1) is 36.7 Å². The number of carbonyl (C=O) groups is 4. The van der Waals surface area contributed by atoms with Gasteiger partial charge in [-0.15, -0.1) is 0 Å². The Hall–Kier alpha value is -5.06. The van der Waals surface area contributed by atoms with Gasteiger partial charge in [0.25, 0.3) is 0 Å². The van der Waals surface area contributed by atoms with Crippen molar-refractivity contribution in [2.45, 2.75) is 25.7 Å². The van der Waals surface area contributed by atoms with Crippen molar-refractivity contribution in [1.29, 1.82) is 0 Å². The van der Waals surface area contributed by atoms with Crippen LogP contribution in [0.25, 0.3) is 0 Å². The highest BCUT2D eigenvalue weighted by atomic mass is 35.5. The van der Waals surface area contributed by atoms with Crippen molar-refractivity contribution in [3.8, 4) is 17.2 Å². The normalized spacial score (nSPS) is 10.5. The predicted molar refractivity (Wildman–Crippen MR) is 175 cm³/mol. The van der Waals surface area contributed by atoms with E-state index < -0.39 is 23.4 Å². The van der Waals surface area contributed by atoms with E-state index in [0.717, 1.165) is 17.2 Å². The number of hydrogen-bond acceptors (Lipinski definition) is 7. The molecule has 12 heteroatoms. The molecule has 4 rings (SSSR count). The smallest absolute Gasteiger partial charge is 0.345 e. The minimum atomic E-state index is -1.41. The molecule has 0 unspecified atom stereocenters. The molecule has 0 aliphatic carbocycles. The van der Waals surface area contributed by atoms with Crippen LogP contribution in [0.2, 0.25) is 10.0 Å². The first kappa shape index (κ1) is 33.8. The SMILES string of the molecule is COc1ccccc1CCC(=O)Nc1ccc(Cl)cc1C(=O)Oc1cc(Cl)cc(C(=O)O)c1NC(=O)CCc1ccccc1OC. The molecule has 2 amide bonds. The Bertz CT molecular complexity index is 1780. The molecule has 4 aromatic rings. The second kappa shape index (κ2) is 15.8. The van der Waals surface area contributed by atoms with E-state index >= 15 is 0 Å². The Kier molecular flexibility index (Phi) is 11.6. The zero-order valence-corrected chi connectivity index (χ0v) is 26.4. The van der Waals surface area contributed by atoms with Crippen molar-refractivity contribution in [2.75, 3.05) is 24.9 Å². The van der Waals surface area contributed by atoms with Crippen LogP contribution in [-0.4, -0.2) is 43.1 Å². The third-order valence-corrected chi connectivity index (χ3v) is 7.32. The molecule has 10 nitrogen and oxygen atoms in total. The Balaban J connectivity index is 1.54. The number of nitrogens with one attached hydrogen (secondary N) is 2. The summed E-state index contributed by atoms with van der Waals surface area (Å²) < 4.78 is 16.3. The number of ether oxygens (including phenoxy) is 3. The van der Waals surface area contributed by atoms with Gasteiger partial charge in [-0.3, -0.25) is 9.59 Å². The summed E-state index contributed by atoms with van der Waals surface area (Å²) in [6.07, 6.45) is 0.723. The van der Waals surface area contributed by atoms with Crippen molar-refractivity contribution in [3.05, 3.63) is 111 Å². The number of anilines is 2. The summed E-state index contributed by atoms with van der Waals surface area (Å²) in [6, 6.07) is 21.1. The van der Waals surface area contributed by atoms with Gasteiger partial charge in [0.2, 0.25) is 11.8 Å². The minimum absolute atomic E-state index is 0.0330. The molecule has 4 aromatic carbocycles. The van der Waals surface area contributed by atoms with Gasteiger partial charge in [-0.25, -0.2) is 9.59 Å². The van der Waals surface area contributed by atoms with Crippen molar-refractivity contribution < 1.29 is 38.5 Å². The monoisotopic (exact) mass is 664 g/mol. The maximum atomic E-state index is 13.5. The molecule has 0 aromatic heterocycles. The first-order valence-electron chi connectivity index (χ1n) is 14.0. The third kappa shape index (κ3) is 8.77. The Morgan fingerprint density at radius 2 is 1.22 bits per heavy atom. The summed E-state index contributed by atoms with van der Waals surface area (Å²) in [5, 5.41) is 15.2. The first-order chi connectivity index (χ1) is 22.1. The fraction of sp³-hybridized carbons (Fsp3) is 0.176. The Morgan fingerprint density at radius 1 is 0.674 bits per heavy atom. The molecule has 0 saturated carbocycles. The van der Waals surface area contributed by atoms with Crippen LogP contribution in [0.5, 0.6) is 17.2 Å². The van der Waals surface area contributed by atoms with Crippen molar-refractivity contribution in [3.63, 3.8) is 0 Å². The number of benzene rings is 4. The van der Waals surface area contributed by atoms with E-state index in [9.17, 15) is 24.3 Å². The molecule has 0 fully saturated rings. The van der Waals surface area contributed by atoms with Gasteiger partial charge < -0.3 is 30.0 Å². The molecular weight excluding hydrogens is 635 g/mol. The predicted octanol–water partition coefficient (Wildman–Crippen LogP) is 7.07. The van der Waals surface area contributed by atoms with Crippen LogP contribution in [0.3, 0.4) is 0 Å². The van der Waals surface area contributed by atoms with Crippen LogP contribution in [0.4, 0.5) is 11.4 Å². The topological polar surface area (TPSA) is 140 Å². The standard InChI is InChI=1S/C34H30Cl2N2O8/c1-44-27-9-5-3-7-20(27)11-15-30(39)37-26-14-13-22(35)17-24(26)34(43)46-29-19-23(36)18-25(33(41)42)32(29)38-31(40)16-12-21-8-4-6-10-28(21)45-2/h3-10,13-14,17-19H,11-12,15-16H2,1-2H3,(H,37,39)(H,38,40)(H,41,42). The lowest BCUT2D eigenvalue weighted by molar-refractivity contribution is -0.117. The zero-order chi connectivity index (χ0) is 33.2. The second-order valence-electron chi connectivity index (χ2n) is 9.93. The molecule has 46 heavy (non-hydrogen) atoms. The average Bonchev–Trinajstić information content (AvgIpc) is 3.04. The molecular formula is C34H30Cl2N2O8. The third-order valence-electron chi connectivity index (χ3n) is 6.87. The van der Waals surface area contributed by atoms with Gasteiger partial charge in [-0.2, -0.15) is 0 Å². The van der Waals surface area contributed by atoms with Gasteiger partial charge in [-0.05, 0) is 60.4 Å². The fourth-order valence-corrected chi connectivity index (χ4v) is 5.02. The molecule has 0 radical (unpaired) electrons. The number of carboxylic acid groups (broad SMARTS) is 1. The lowest BCUT2D eigenvalue weighted by atomic mass is 10.1. The van der Waals surface area contributed by atoms with E-state index in [-0.39, 0.29) is 51.5 Å². The van der Waals surface area contributed by atoms with Crippen LogP contribution < -0.4 is 24.8 Å². The van der Waals surface area contributed by atoms with Crippen LogP contribution in [0.1, 0.15) is 44.7 Å². The molecule has 0 spiro atoms. The number of aromatic carboxylic acids is 1. The molecule has 0 atom stereocenters. The Morgan fingerprint density at radius 3 is 1.78 bits per heavy atom.